The number of nitrogens with one attached hydrogen (secondary N) is 1. The molecule has 11 heteroatoms. The zero-order valence-electron chi connectivity index (χ0n) is 17.9. The van der Waals surface area contributed by atoms with E-state index in [1.54, 1.807) is 38.6 Å². The Labute approximate surface area is 186 Å². The molecule has 4 aromatic heterocycles. The van der Waals surface area contributed by atoms with Gasteiger partial charge in [0.2, 0.25) is 5.76 Å². The molecular weight excluding hydrogens is 427 g/mol. The highest BCUT2D eigenvalue weighted by atomic mass is 19.1. The van der Waals surface area contributed by atoms with E-state index in [9.17, 15) is 9.18 Å². The number of carbonyl (C=O) groups excluding carboxylic acids is 1. The molecule has 1 amide bonds. The maximum Gasteiger partial charge on any atom is 0.293 e. The third-order valence-corrected chi connectivity index (χ3v) is 4.85. The quantitative estimate of drug-likeness (QED) is 0.446. The Morgan fingerprint density at radius 2 is 1.91 bits per heavy atom. The lowest BCUT2D eigenvalue weighted by Crippen LogP contribution is -2.12. The van der Waals surface area contributed by atoms with Gasteiger partial charge >= 0.3 is 0 Å². The zero-order valence-corrected chi connectivity index (χ0v) is 17.9. The van der Waals surface area contributed by atoms with Crippen molar-refractivity contribution in [2.45, 2.75) is 20.8 Å². The lowest BCUT2D eigenvalue weighted by molar-refractivity contribution is 0.0994. The zero-order chi connectivity index (χ0) is 23.1. The minimum atomic E-state index is -0.541. The molecule has 0 atom stereocenters. The number of fused-ring (bicyclic) bond motifs is 1. The molecule has 0 unspecified atom stereocenters. The number of halogens is 1. The summed E-state index contributed by atoms with van der Waals surface area (Å²) in [5.41, 5.74) is 3.04. The summed E-state index contributed by atoms with van der Waals surface area (Å²) in [6, 6.07) is 4.13. The summed E-state index contributed by atoms with van der Waals surface area (Å²) >= 11 is 0. The fraction of sp³-hybridized carbons (Fsp3) is 0.136. The van der Waals surface area contributed by atoms with E-state index in [0.29, 0.717) is 28.5 Å². The number of carbonyl (C=O) groups is 1. The second-order valence-corrected chi connectivity index (χ2v) is 7.36. The summed E-state index contributed by atoms with van der Waals surface area (Å²) in [5, 5.41) is 7.04. The van der Waals surface area contributed by atoms with E-state index in [1.165, 1.54) is 22.7 Å². The highest BCUT2D eigenvalue weighted by Crippen LogP contribution is 2.25. The van der Waals surface area contributed by atoms with E-state index in [4.69, 9.17) is 4.42 Å². The first-order valence-electron chi connectivity index (χ1n) is 9.94. The average Bonchev–Trinajstić information content (AvgIpc) is 3.37. The van der Waals surface area contributed by atoms with Crippen LogP contribution in [0.3, 0.4) is 0 Å². The van der Waals surface area contributed by atoms with E-state index < -0.39 is 11.7 Å². The van der Waals surface area contributed by atoms with E-state index in [-0.39, 0.29) is 22.9 Å². The molecule has 1 aromatic carbocycles. The van der Waals surface area contributed by atoms with Crippen LogP contribution in [0, 0.1) is 26.6 Å². The van der Waals surface area contributed by atoms with Crippen molar-refractivity contribution < 1.29 is 13.6 Å². The SMILES string of the molecule is Cc1cnc(-c2cnc3nc(-c4cc(NC(=O)c5oc(C)nc5C)ccc4F)nn3c2)cn1. The van der Waals surface area contributed by atoms with Crippen LogP contribution in [0.2, 0.25) is 0 Å². The number of nitrogens with zero attached hydrogens (tertiary/aromatic N) is 7. The molecule has 0 saturated carbocycles. The van der Waals surface area contributed by atoms with Gasteiger partial charge in [0.25, 0.3) is 11.7 Å². The summed E-state index contributed by atoms with van der Waals surface area (Å²) < 4.78 is 21.4. The van der Waals surface area contributed by atoms with Crippen LogP contribution >= 0.6 is 0 Å². The number of benzene rings is 1. The van der Waals surface area contributed by atoms with Gasteiger partial charge in [-0.3, -0.25) is 14.8 Å². The van der Waals surface area contributed by atoms with E-state index in [2.05, 4.69) is 35.3 Å². The fourth-order valence-electron chi connectivity index (χ4n) is 3.27. The third-order valence-electron chi connectivity index (χ3n) is 4.85. The van der Waals surface area contributed by atoms with E-state index in [1.807, 2.05) is 6.92 Å². The molecule has 0 radical (unpaired) electrons. The highest BCUT2D eigenvalue weighted by molar-refractivity contribution is 6.03. The largest absolute Gasteiger partial charge is 0.436 e. The van der Waals surface area contributed by atoms with Crippen molar-refractivity contribution in [1.82, 2.24) is 34.5 Å². The van der Waals surface area contributed by atoms with Crippen molar-refractivity contribution in [3.8, 4) is 22.6 Å². The van der Waals surface area contributed by atoms with Crippen molar-refractivity contribution in [1.29, 1.82) is 0 Å². The van der Waals surface area contributed by atoms with Gasteiger partial charge in [0.05, 0.1) is 28.8 Å². The number of hydrogen-bond acceptors (Lipinski definition) is 8. The maximum atomic E-state index is 14.6. The van der Waals surface area contributed by atoms with Gasteiger partial charge < -0.3 is 9.73 Å². The van der Waals surface area contributed by atoms with Crippen molar-refractivity contribution in [3.63, 3.8) is 0 Å². The standard InChI is InChI=1S/C22H17FN8O2/c1-11-7-25-18(9-24-11)14-8-26-22-29-20(30-31(22)10-14)16-6-15(4-5-17(16)23)28-21(32)19-12(2)27-13(3)33-19/h4-10H,1-3H3,(H,28,32). The molecule has 0 aliphatic heterocycles. The van der Waals surface area contributed by atoms with Crippen LogP contribution in [0.25, 0.3) is 28.4 Å². The van der Waals surface area contributed by atoms with Crippen molar-refractivity contribution in [2.24, 2.45) is 0 Å². The van der Waals surface area contributed by atoms with Gasteiger partial charge in [-0.05, 0) is 32.0 Å². The molecule has 0 bridgehead atoms. The summed E-state index contributed by atoms with van der Waals surface area (Å²) in [4.78, 5) is 33.8. The van der Waals surface area contributed by atoms with Crippen molar-refractivity contribution in [2.75, 3.05) is 5.32 Å². The van der Waals surface area contributed by atoms with E-state index in [0.717, 1.165) is 5.69 Å². The topological polar surface area (TPSA) is 124 Å². The number of rotatable bonds is 4. The number of oxazole rings is 1. The number of aryl methyl sites for hydroxylation is 3. The Morgan fingerprint density at radius 3 is 2.64 bits per heavy atom. The molecule has 10 nitrogen and oxygen atoms in total. The molecule has 5 rings (SSSR count). The molecule has 1 N–H and O–H groups in total. The highest BCUT2D eigenvalue weighted by Gasteiger charge is 2.18. The van der Waals surface area contributed by atoms with Gasteiger partial charge in [0.15, 0.2) is 11.7 Å². The Kier molecular flexibility index (Phi) is 4.85. The fourth-order valence-corrected chi connectivity index (χ4v) is 3.27. The monoisotopic (exact) mass is 444 g/mol. The minimum Gasteiger partial charge on any atom is -0.436 e. The molecule has 0 saturated heterocycles. The first-order chi connectivity index (χ1) is 15.9. The molecule has 5 aromatic rings. The van der Waals surface area contributed by atoms with Crippen LogP contribution in [-0.4, -0.2) is 40.4 Å². The summed E-state index contributed by atoms with van der Waals surface area (Å²) in [6.45, 7) is 5.17. The van der Waals surface area contributed by atoms with Crippen LogP contribution in [0.5, 0.6) is 0 Å². The minimum absolute atomic E-state index is 0.0974. The number of aromatic nitrogens is 7. The van der Waals surface area contributed by atoms with Crippen molar-refractivity contribution in [3.05, 3.63) is 71.8 Å². The van der Waals surface area contributed by atoms with Crippen LogP contribution in [0.15, 0.2) is 47.4 Å². The summed E-state index contributed by atoms with van der Waals surface area (Å²) in [6.07, 6.45) is 6.58. The number of anilines is 1. The van der Waals surface area contributed by atoms with Crippen LogP contribution < -0.4 is 5.32 Å². The van der Waals surface area contributed by atoms with Crippen LogP contribution in [-0.2, 0) is 0 Å². The Morgan fingerprint density at radius 1 is 1.06 bits per heavy atom. The summed E-state index contributed by atoms with van der Waals surface area (Å²) in [7, 11) is 0. The second kappa shape index (κ2) is 7.86. The number of amides is 1. The molecule has 164 valence electrons. The Bertz CT molecular complexity index is 1510. The molecule has 0 fully saturated rings. The Hall–Kier alpha value is -4.54. The smallest absolute Gasteiger partial charge is 0.293 e. The molecule has 4 heterocycles. The first kappa shape index (κ1) is 20.4. The average molecular weight is 444 g/mol. The predicted octanol–water partition coefficient (Wildman–Crippen LogP) is 3.55. The van der Waals surface area contributed by atoms with Gasteiger partial charge in [-0.1, -0.05) is 0 Å². The molecule has 33 heavy (non-hydrogen) atoms. The maximum absolute atomic E-state index is 14.6. The lowest BCUT2D eigenvalue weighted by Gasteiger charge is -2.06. The molecule has 0 spiro atoms. The van der Waals surface area contributed by atoms with Gasteiger partial charge in [-0.15, -0.1) is 5.10 Å². The van der Waals surface area contributed by atoms with Crippen LogP contribution in [0.1, 0.15) is 27.8 Å². The van der Waals surface area contributed by atoms with Gasteiger partial charge in [0.1, 0.15) is 5.82 Å². The normalized spacial score (nSPS) is 11.2. The van der Waals surface area contributed by atoms with E-state index >= 15 is 0 Å². The lowest BCUT2D eigenvalue weighted by atomic mass is 10.1. The number of hydrogen-bond donors (Lipinski definition) is 1. The van der Waals surface area contributed by atoms with Gasteiger partial charge in [0, 0.05) is 36.8 Å². The van der Waals surface area contributed by atoms with Gasteiger partial charge in [-0.2, -0.15) is 4.98 Å². The van der Waals surface area contributed by atoms with Crippen LogP contribution in [0.4, 0.5) is 10.1 Å². The molecule has 0 aliphatic rings. The predicted molar refractivity (Wildman–Crippen MR) is 116 cm³/mol. The summed E-state index contributed by atoms with van der Waals surface area (Å²) in [5.74, 6) is -0.139. The Balaban J connectivity index is 1.47. The van der Waals surface area contributed by atoms with Crippen molar-refractivity contribution >= 4 is 17.4 Å². The van der Waals surface area contributed by atoms with Gasteiger partial charge in [-0.25, -0.2) is 18.9 Å². The molecule has 0 aliphatic carbocycles. The third kappa shape index (κ3) is 3.91. The second-order valence-electron chi connectivity index (χ2n) is 7.36. The first-order valence-corrected chi connectivity index (χ1v) is 9.94. The molecular formula is C22H17FN8O2.